The van der Waals surface area contributed by atoms with Gasteiger partial charge in [-0.2, -0.15) is 4.31 Å². The fourth-order valence-corrected chi connectivity index (χ4v) is 6.08. The molecule has 1 aliphatic carbocycles. The van der Waals surface area contributed by atoms with Gasteiger partial charge in [-0.1, -0.05) is 23.7 Å². The highest BCUT2D eigenvalue weighted by molar-refractivity contribution is 7.89. The van der Waals surface area contributed by atoms with E-state index >= 15 is 0 Å². The molecule has 1 aromatic carbocycles. The Bertz CT molecular complexity index is 1040. The molecule has 2 heterocycles. The second-order valence-corrected chi connectivity index (χ2v) is 10.2. The van der Waals surface area contributed by atoms with Crippen LogP contribution in [0.1, 0.15) is 40.6 Å². The molecule has 0 unspecified atom stereocenters. The molecule has 2 fully saturated rings. The van der Waals surface area contributed by atoms with E-state index in [1.54, 1.807) is 18.2 Å². The molecule has 1 saturated heterocycles. The summed E-state index contributed by atoms with van der Waals surface area (Å²) in [4.78, 5) is 15.1. The third kappa shape index (κ3) is 4.01. The van der Waals surface area contributed by atoms with Crippen molar-refractivity contribution in [3.05, 3.63) is 52.3 Å². The maximum absolute atomic E-state index is 12.9. The van der Waals surface area contributed by atoms with Crippen LogP contribution in [0.3, 0.4) is 0 Å². The minimum Gasteiger partial charge on any atom is -0.345 e. The van der Waals surface area contributed by atoms with Crippen molar-refractivity contribution in [1.82, 2.24) is 13.8 Å². The average molecular weight is 436 g/mol. The van der Waals surface area contributed by atoms with Gasteiger partial charge in [0.15, 0.2) is 5.78 Å². The van der Waals surface area contributed by atoms with Crippen LogP contribution in [0, 0.1) is 13.8 Å². The van der Waals surface area contributed by atoms with Gasteiger partial charge in [-0.25, -0.2) is 8.42 Å². The number of aromatic nitrogens is 1. The number of aryl methyl sites for hydroxylation is 1. The fraction of sp³-hybridized carbons (Fsp3) is 0.476. The Hall–Kier alpha value is -1.67. The van der Waals surface area contributed by atoms with Crippen molar-refractivity contribution in [2.24, 2.45) is 0 Å². The van der Waals surface area contributed by atoms with E-state index in [4.69, 9.17) is 11.6 Å². The molecule has 1 saturated carbocycles. The lowest BCUT2D eigenvalue weighted by atomic mass is 10.1. The predicted octanol–water partition coefficient (Wildman–Crippen LogP) is 3.28. The number of carbonyl (C=O) groups is 1. The molecule has 0 N–H and O–H groups in total. The van der Waals surface area contributed by atoms with Gasteiger partial charge < -0.3 is 4.57 Å². The van der Waals surface area contributed by atoms with Gasteiger partial charge >= 0.3 is 0 Å². The number of sulfonamides is 1. The second-order valence-electron chi connectivity index (χ2n) is 7.92. The minimum atomic E-state index is -3.62. The first kappa shape index (κ1) is 20.6. The van der Waals surface area contributed by atoms with Gasteiger partial charge in [0.2, 0.25) is 10.0 Å². The summed E-state index contributed by atoms with van der Waals surface area (Å²) in [5, 5.41) is 0.233. The van der Waals surface area contributed by atoms with E-state index in [9.17, 15) is 13.2 Å². The number of nitrogens with zero attached hydrogens (tertiary/aromatic N) is 3. The molecule has 6 nitrogen and oxygen atoms in total. The molecular weight excluding hydrogens is 410 g/mol. The van der Waals surface area contributed by atoms with E-state index in [2.05, 4.69) is 11.5 Å². The van der Waals surface area contributed by atoms with E-state index in [0.717, 1.165) is 17.0 Å². The lowest BCUT2D eigenvalue weighted by Gasteiger charge is -2.33. The Kier molecular flexibility index (Phi) is 5.59. The Morgan fingerprint density at radius 1 is 1.10 bits per heavy atom. The van der Waals surface area contributed by atoms with E-state index < -0.39 is 10.0 Å². The molecule has 29 heavy (non-hydrogen) atoms. The fourth-order valence-electron chi connectivity index (χ4n) is 4.16. The Balaban J connectivity index is 1.40. The zero-order valence-corrected chi connectivity index (χ0v) is 18.3. The molecule has 8 heteroatoms. The zero-order chi connectivity index (χ0) is 20.8. The summed E-state index contributed by atoms with van der Waals surface area (Å²) in [6, 6.07) is 9.05. The molecule has 0 radical (unpaired) electrons. The number of ketones is 1. The monoisotopic (exact) mass is 435 g/mol. The highest BCUT2D eigenvalue weighted by Crippen LogP contribution is 2.38. The first-order valence-electron chi connectivity index (χ1n) is 9.97. The number of hydrogen-bond donors (Lipinski definition) is 0. The molecule has 0 spiro atoms. The molecule has 156 valence electrons. The van der Waals surface area contributed by atoms with Gasteiger partial charge in [0.05, 0.1) is 11.6 Å². The molecule has 2 aromatic rings. The summed E-state index contributed by atoms with van der Waals surface area (Å²) in [6.07, 6.45) is 2.37. The summed E-state index contributed by atoms with van der Waals surface area (Å²) in [7, 11) is -3.62. The molecule has 2 aliphatic rings. The normalized spacial score (nSPS) is 18.9. The van der Waals surface area contributed by atoms with Crippen LogP contribution in [-0.2, 0) is 10.0 Å². The largest absolute Gasteiger partial charge is 0.345 e. The van der Waals surface area contributed by atoms with E-state index in [1.165, 1.54) is 23.2 Å². The summed E-state index contributed by atoms with van der Waals surface area (Å²) >= 11 is 6.09. The van der Waals surface area contributed by atoms with Crippen molar-refractivity contribution in [3.8, 4) is 0 Å². The summed E-state index contributed by atoms with van der Waals surface area (Å²) < 4.78 is 29.5. The lowest BCUT2D eigenvalue weighted by molar-refractivity contribution is 0.0901. The Morgan fingerprint density at radius 3 is 2.38 bits per heavy atom. The van der Waals surface area contributed by atoms with Crippen LogP contribution < -0.4 is 0 Å². The molecule has 1 aromatic heterocycles. The van der Waals surface area contributed by atoms with Crippen LogP contribution in [0.25, 0.3) is 0 Å². The molecule has 0 amide bonds. The summed E-state index contributed by atoms with van der Waals surface area (Å²) in [6.45, 7) is 6.14. The van der Waals surface area contributed by atoms with E-state index in [-0.39, 0.29) is 15.7 Å². The smallest absolute Gasteiger partial charge is 0.244 e. The van der Waals surface area contributed by atoms with Crippen molar-refractivity contribution in [3.63, 3.8) is 0 Å². The van der Waals surface area contributed by atoms with Crippen LogP contribution in [0.5, 0.6) is 0 Å². The average Bonchev–Trinajstić information content (AvgIpc) is 3.47. The maximum Gasteiger partial charge on any atom is 0.244 e. The van der Waals surface area contributed by atoms with Gasteiger partial charge in [-0.15, -0.1) is 0 Å². The Morgan fingerprint density at radius 2 is 1.76 bits per heavy atom. The van der Waals surface area contributed by atoms with Crippen molar-refractivity contribution in [2.75, 3.05) is 32.7 Å². The van der Waals surface area contributed by atoms with Crippen LogP contribution in [0.2, 0.25) is 5.02 Å². The first-order chi connectivity index (χ1) is 13.8. The second kappa shape index (κ2) is 7.87. The van der Waals surface area contributed by atoms with E-state index in [0.29, 0.717) is 38.8 Å². The van der Waals surface area contributed by atoms with Gasteiger partial charge in [0.1, 0.15) is 4.90 Å². The zero-order valence-electron chi connectivity index (χ0n) is 16.8. The summed E-state index contributed by atoms with van der Waals surface area (Å²) in [5.74, 6) is 0.104. The van der Waals surface area contributed by atoms with Gasteiger partial charge in [0.25, 0.3) is 0 Å². The molecule has 1 aliphatic heterocycles. The van der Waals surface area contributed by atoms with Crippen molar-refractivity contribution >= 4 is 27.4 Å². The molecule has 0 bridgehead atoms. The standard InChI is InChI=1S/C21H26ClN3O3S/c1-15-13-18(16(2)25(15)17-7-8-17)20(26)14-23-9-11-24(12-10-23)29(27,28)21-6-4-3-5-19(21)22/h3-6,13,17H,7-12,14H2,1-2H3. The third-order valence-electron chi connectivity index (χ3n) is 5.85. The Labute approximate surface area is 177 Å². The number of carbonyl (C=O) groups excluding carboxylic acids is 1. The first-order valence-corrected chi connectivity index (χ1v) is 11.8. The number of rotatable bonds is 6. The number of benzene rings is 1. The molecule has 0 atom stereocenters. The minimum absolute atomic E-state index is 0.104. The van der Waals surface area contributed by atoms with Gasteiger partial charge in [-0.3, -0.25) is 9.69 Å². The van der Waals surface area contributed by atoms with Crippen molar-refractivity contribution in [1.29, 1.82) is 0 Å². The molecule has 4 rings (SSSR count). The number of hydrogen-bond acceptors (Lipinski definition) is 4. The highest BCUT2D eigenvalue weighted by atomic mass is 35.5. The van der Waals surface area contributed by atoms with Gasteiger partial charge in [-0.05, 0) is 44.9 Å². The maximum atomic E-state index is 12.9. The SMILES string of the molecule is Cc1cc(C(=O)CN2CCN(S(=O)(=O)c3ccccc3Cl)CC2)c(C)n1C1CC1. The van der Waals surface area contributed by atoms with E-state index in [1.807, 2.05) is 17.9 Å². The van der Waals surface area contributed by atoms with Crippen molar-refractivity contribution < 1.29 is 13.2 Å². The van der Waals surface area contributed by atoms with Crippen LogP contribution in [-0.4, -0.2) is 60.7 Å². The van der Waals surface area contributed by atoms with Crippen LogP contribution >= 0.6 is 11.6 Å². The summed E-state index contributed by atoms with van der Waals surface area (Å²) in [5.41, 5.74) is 2.99. The van der Waals surface area contributed by atoms with Crippen molar-refractivity contribution in [2.45, 2.75) is 37.6 Å². The molecular formula is C21H26ClN3O3S. The third-order valence-corrected chi connectivity index (χ3v) is 8.25. The predicted molar refractivity (Wildman–Crippen MR) is 113 cm³/mol. The topological polar surface area (TPSA) is 62.6 Å². The number of Topliss-reactive ketones (excluding diaryl/α,β-unsaturated/α-hetero) is 1. The number of piperazine rings is 1. The number of halogens is 1. The van der Waals surface area contributed by atoms with Gasteiger partial charge in [0, 0.05) is 49.2 Å². The highest BCUT2D eigenvalue weighted by Gasteiger charge is 2.32. The van der Waals surface area contributed by atoms with Crippen LogP contribution in [0.15, 0.2) is 35.2 Å². The quantitative estimate of drug-likeness (QED) is 0.653. The lowest BCUT2D eigenvalue weighted by Crippen LogP contribution is -2.49. The van der Waals surface area contributed by atoms with Crippen LogP contribution in [0.4, 0.5) is 0 Å².